The van der Waals surface area contributed by atoms with E-state index in [9.17, 15) is 0 Å². The zero-order valence-electron chi connectivity index (χ0n) is 29.2. The van der Waals surface area contributed by atoms with E-state index in [-0.39, 0.29) is 16.9 Å². The molecule has 5 aliphatic rings. The second-order valence-corrected chi connectivity index (χ2v) is 16.8. The summed E-state index contributed by atoms with van der Waals surface area (Å²) in [4.78, 5) is 6.65. The van der Waals surface area contributed by atoms with Crippen LogP contribution in [-0.4, -0.2) is 6.71 Å². The Morgan fingerprint density at radius 1 is 0.647 bits per heavy atom. The summed E-state index contributed by atoms with van der Waals surface area (Å²) in [5, 5.41) is 0. The Morgan fingerprint density at radius 3 is 2.02 bits per heavy atom. The first-order valence-electron chi connectivity index (χ1n) is 18.6. The van der Waals surface area contributed by atoms with Crippen molar-refractivity contribution in [3.63, 3.8) is 0 Å². The number of hydrogen-bond acceptors (Lipinski definition) is 3. The van der Waals surface area contributed by atoms with Crippen LogP contribution in [-0.2, 0) is 16.6 Å². The second-order valence-electron chi connectivity index (χ2n) is 15.4. The number of benzene rings is 6. The van der Waals surface area contributed by atoms with Gasteiger partial charge in [-0.3, -0.25) is 0 Å². The molecule has 2 unspecified atom stereocenters. The maximum absolute atomic E-state index is 2.70. The van der Waals surface area contributed by atoms with E-state index in [1.165, 1.54) is 103 Å². The van der Waals surface area contributed by atoms with Gasteiger partial charge in [-0.05, 0) is 106 Å². The lowest BCUT2D eigenvalue weighted by molar-refractivity contribution is 0.246. The monoisotopic (exact) mass is 674 g/mol. The van der Waals surface area contributed by atoms with E-state index < -0.39 is 0 Å². The zero-order chi connectivity index (χ0) is 33.9. The average molecular weight is 675 g/mol. The van der Waals surface area contributed by atoms with Gasteiger partial charge >= 0.3 is 0 Å². The van der Waals surface area contributed by atoms with E-state index in [1.807, 2.05) is 0 Å². The zero-order valence-corrected chi connectivity index (χ0v) is 30.0. The minimum atomic E-state index is 0.0338. The molecule has 0 bridgehead atoms. The second kappa shape index (κ2) is 10.8. The molecule has 0 aromatic heterocycles. The highest BCUT2D eigenvalue weighted by Gasteiger charge is 2.58. The number of aryl methyl sites for hydroxylation is 1. The molecule has 11 rings (SSSR count). The van der Waals surface area contributed by atoms with Crippen LogP contribution in [0.25, 0.3) is 5.47 Å². The van der Waals surface area contributed by atoms with Gasteiger partial charge in [0.15, 0.2) is 0 Å². The number of thioether (sulfide) groups is 1. The molecule has 1 fully saturated rings. The summed E-state index contributed by atoms with van der Waals surface area (Å²) in [5.74, 6) is 0. The van der Waals surface area contributed by atoms with Gasteiger partial charge in [-0.2, -0.15) is 0 Å². The molecule has 3 heterocycles. The van der Waals surface area contributed by atoms with Gasteiger partial charge in [0.2, 0.25) is 0 Å². The molecule has 2 nitrogen and oxygen atoms in total. The lowest BCUT2D eigenvalue weighted by atomic mass is 9.32. The minimum absolute atomic E-state index is 0.0338. The Balaban J connectivity index is 1.24. The molecule has 0 radical (unpaired) electrons. The first-order valence-corrected chi connectivity index (χ1v) is 19.5. The van der Waals surface area contributed by atoms with Gasteiger partial charge < -0.3 is 9.80 Å². The fraction of sp³-hybridized carbons (Fsp3) is 0.191. The van der Waals surface area contributed by atoms with E-state index in [0.717, 1.165) is 6.42 Å². The highest BCUT2D eigenvalue weighted by molar-refractivity contribution is 8.00. The molecule has 246 valence electrons. The fourth-order valence-corrected chi connectivity index (χ4v) is 12.4. The average Bonchev–Trinajstić information content (AvgIpc) is 3.68. The maximum Gasteiger partial charge on any atom is 0.252 e. The van der Waals surface area contributed by atoms with Crippen molar-refractivity contribution in [2.75, 3.05) is 9.80 Å². The molecule has 51 heavy (non-hydrogen) atoms. The van der Waals surface area contributed by atoms with Crippen molar-refractivity contribution < 1.29 is 0 Å². The van der Waals surface area contributed by atoms with Crippen molar-refractivity contribution in [2.24, 2.45) is 0 Å². The SMILES string of the molecule is Cc1cc2c3c(c1)N(c1ccccc1)c1cc4c(cc1B3C1=C(Cc3ccccc31)N2c1ccccc1)C1(C)CCCCC1(c1ccccc1)S4. The molecule has 2 aliphatic carbocycles. The minimum Gasteiger partial charge on any atom is -0.315 e. The highest BCUT2D eigenvalue weighted by Crippen LogP contribution is 2.68. The van der Waals surface area contributed by atoms with Crippen LogP contribution in [0.1, 0.15) is 60.4 Å². The smallest absolute Gasteiger partial charge is 0.252 e. The summed E-state index contributed by atoms with van der Waals surface area (Å²) in [6, 6.07) is 53.0. The van der Waals surface area contributed by atoms with E-state index in [1.54, 1.807) is 5.56 Å². The summed E-state index contributed by atoms with van der Waals surface area (Å²) >= 11 is 2.16. The molecule has 1 saturated carbocycles. The van der Waals surface area contributed by atoms with Gasteiger partial charge in [0, 0.05) is 50.9 Å². The van der Waals surface area contributed by atoms with Gasteiger partial charge in [-0.25, -0.2) is 0 Å². The number of allylic oxidation sites excluding steroid dienone is 1. The van der Waals surface area contributed by atoms with E-state index in [0.29, 0.717) is 0 Å². The van der Waals surface area contributed by atoms with Crippen molar-refractivity contribution in [1.29, 1.82) is 0 Å². The first kappa shape index (κ1) is 29.8. The molecule has 0 N–H and O–H groups in total. The summed E-state index contributed by atoms with van der Waals surface area (Å²) in [6.07, 6.45) is 5.92. The maximum atomic E-state index is 2.70. The van der Waals surface area contributed by atoms with Gasteiger partial charge in [-0.15, -0.1) is 11.8 Å². The summed E-state index contributed by atoms with van der Waals surface area (Å²) < 4.78 is 0.0338. The van der Waals surface area contributed by atoms with Crippen LogP contribution in [0.5, 0.6) is 0 Å². The molecule has 0 amide bonds. The van der Waals surface area contributed by atoms with Crippen molar-refractivity contribution in [2.45, 2.75) is 61.0 Å². The van der Waals surface area contributed by atoms with E-state index in [4.69, 9.17) is 0 Å². The third-order valence-electron chi connectivity index (χ3n) is 12.8. The van der Waals surface area contributed by atoms with Crippen LogP contribution in [0.3, 0.4) is 0 Å². The van der Waals surface area contributed by atoms with Crippen LogP contribution in [0.15, 0.2) is 150 Å². The predicted octanol–water partition coefficient (Wildman–Crippen LogP) is 10.9. The van der Waals surface area contributed by atoms with Gasteiger partial charge in [-0.1, -0.05) is 117 Å². The largest absolute Gasteiger partial charge is 0.315 e. The first-order chi connectivity index (χ1) is 25.1. The van der Waals surface area contributed by atoms with Crippen molar-refractivity contribution >= 4 is 63.3 Å². The summed E-state index contributed by atoms with van der Waals surface area (Å²) in [5.41, 5.74) is 19.4. The molecule has 6 aromatic carbocycles. The highest BCUT2D eigenvalue weighted by atomic mass is 32.2. The standard InChI is InChI=1S/C47H39BN2S/c1-31-26-40-45-41(27-31)50(35-21-10-5-11-22-35)42-28-32-16-12-13-23-36(32)44(42)48(45)38-29-37-43(30-39(38)49(40)34-19-8-4-9-20-34)51-47(33-17-6-3-7-18-33)25-15-14-24-46(37,47)2/h3-13,16-23,26-27,29-30H,14-15,24-25,28H2,1-2H3. The van der Waals surface area contributed by atoms with Gasteiger partial charge in [0.25, 0.3) is 6.71 Å². The van der Waals surface area contributed by atoms with Crippen LogP contribution >= 0.6 is 11.8 Å². The Bertz CT molecular complexity index is 2420. The lowest BCUT2D eigenvalue weighted by Gasteiger charge is -2.48. The van der Waals surface area contributed by atoms with E-state index >= 15 is 0 Å². The van der Waals surface area contributed by atoms with Crippen molar-refractivity contribution in [1.82, 2.24) is 0 Å². The van der Waals surface area contributed by atoms with Crippen molar-refractivity contribution in [3.05, 3.63) is 173 Å². The molecular weight excluding hydrogens is 635 g/mol. The summed E-state index contributed by atoms with van der Waals surface area (Å²) in [7, 11) is 0. The molecule has 6 aromatic rings. The number of rotatable bonds is 3. The Kier molecular flexibility index (Phi) is 6.30. The van der Waals surface area contributed by atoms with Crippen LogP contribution in [0.2, 0.25) is 0 Å². The van der Waals surface area contributed by atoms with Crippen LogP contribution in [0.4, 0.5) is 28.4 Å². The Labute approximate surface area is 305 Å². The van der Waals surface area contributed by atoms with Gasteiger partial charge in [0.05, 0.1) is 4.75 Å². The van der Waals surface area contributed by atoms with Gasteiger partial charge in [0.1, 0.15) is 0 Å². The van der Waals surface area contributed by atoms with E-state index in [2.05, 4.69) is 175 Å². The molecule has 2 atom stereocenters. The van der Waals surface area contributed by atoms with Crippen LogP contribution in [0, 0.1) is 6.92 Å². The third kappa shape index (κ3) is 3.97. The third-order valence-corrected chi connectivity index (χ3v) is 14.6. The van der Waals surface area contributed by atoms with Crippen molar-refractivity contribution in [3.8, 4) is 0 Å². The number of anilines is 5. The molecular formula is C47H39BN2S. The quantitative estimate of drug-likeness (QED) is 0.173. The topological polar surface area (TPSA) is 6.48 Å². The normalized spacial score (nSPS) is 22.2. The molecule has 0 spiro atoms. The molecule has 0 saturated heterocycles. The summed E-state index contributed by atoms with van der Waals surface area (Å²) in [6.45, 7) is 5.01. The predicted molar refractivity (Wildman–Crippen MR) is 216 cm³/mol. The number of nitrogens with zero attached hydrogens (tertiary/aromatic N) is 2. The lowest BCUT2D eigenvalue weighted by Crippen LogP contribution is -2.55. The number of hydrogen-bond donors (Lipinski definition) is 0. The fourth-order valence-electron chi connectivity index (χ4n) is 10.6. The number of para-hydroxylation sites is 2. The molecule has 3 aliphatic heterocycles. The van der Waals surface area contributed by atoms with Crippen LogP contribution < -0.4 is 20.7 Å². The Morgan fingerprint density at radius 2 is 1.27 bits per heavy atom. The number of fused-ring (bicyclic) bond motifs is 8. The Hall–Kier alpha value is -4.93. The molecule has 4 heteroatoms.